The highest BCUT2D eigenvalue weighted by molar-refractivity contribution is 7.98. The van der Waals surface area contributed by atoms with Crippen LogP contribution >= 0.6 is 23.5 Å². The average Bonchev–Trinajstić information content (AvgIpc) is 3.34. The Kier molecular flexibility index (Phi) is 7.98. The topological polar surface area (TPSA) is 45.8 Å². The van der Waals surface area contributed by atoms with Gasteiger partial charge >= 0.3 is 0 Å². The van der Waals surface area contributed by atoms with Crippen LogP contribution in [0.2, 0.25) is 0 Å². The highest BCUT2D eigenvalue weighted by Gasteiger charge is 2.23. The smallest absolute Gasteiger partial charge is 0.263 e. The second-order valence-corrected chi connectivity index (χ2v) is 11.5. The first-order chi connectivity index (χ1) is 20.9. The monoisotopic (exact) mass is 610 g/mol. The molecule has 0 aliphatic heterocycles. The standard InChI is InChI=1S/C35H22ClF3N2OS/c36-31-16-22(20-42)7-13-29(31)24-4-2-6-26(17-24)34-33(25-5-1-3-21(15-25)19-40)30-18-27(37)10-14-32(30)41(34)43-28-11-8-23(9-12-28)35(38)39/h1-6,8-12,14-18,20,35H,7,13H2. The van der Waals surface area contributed by atoms with Crippen molar-refractivity contribution in [3.63, 3.8) is 0 Å². The zero-order valence-corrected chi connectivity index (χ0v) is 24.1. The van der Waals surface area contributed by atoms with Crippen LogP contribution in [-0.2, 0) is 4.79 Å². The summed E-state index contributed by atoms with van der Waals surface area (Å²) in [4.78, 5) is 12.0. The first-order valence-corrected chi connectivity index (χ1v) is 14.6. The van der Waals surface area contributed by atoms with E-state index in [1.54, 1.807) is 42.5 Å². The molecule has 8 heteroatoms. The van der Waals surface area contributed by atoms with Gasteiger partial charge in [-0.25, -0.2) is 13.2 Å². The van der Waals surface area contributed by atoms with E-state index < -0.39 is 12.2 Å². The number of fused-ring (bicyclic) bond motifs is 1. The third kappa shape index (κ3) is 5.64. The van der Waals surface area contributed by atoms with E-state index in [0.29, 0.717) is 39.3 Å². The summed E-state index contributed by atoms with van der Waals surface area (Å²) >= 11 is 7.95. The average molecular weight is 611 g/mol. The molecular formula is C35H22ClF3N2OS. The highest BCUT2D eigenvalue weighted by Crippen LogP contribution is 2.46. The first-order valence-electron chi connectivity index (χ1n) is 13.4. The SMILES string of the molecule is N#Cc1cccc(-c2c(-c3cccc(C4=C(Cl)C=C(C=O)CC4)c3)n(Sc3ccc(C(F)F)cc3)c3ccc(F)cc23)c1. The number of nitrogens with zero attached hydrogens (tertiary/aromatic N) is 2. The summed E-state index contributed by atoms with van der Waals surface area (Å²) in [5.41, 5.74) is 6.56. The van der Waals surface area contributed by atoms with Gasteiger partial charge in [0.15, 0.2) is 0 Å². The largest absolute Gasteiger partial charge is 0.298 e. The van der Waals surface area contributed by atoms with Crippen molar-refractivity contribution >= 4 is 46.3 Å². The summed E-state index contributed by atoms with van der Waals surface area (Å²) in [7, 11) is 0. The van der Waals surface area contributed by atoms with E-state index in [9.17, 15) is 23.2 Å². The highest BCUT2D eigenvalue weighted by atomic mass is 35.5. The van der Waals surface area contributed by atoms with Crippen LogP contribution in [0.25, 0.3) is 38.9 Å². The van der Waals surface area contributed by atoms with Gasteiger partial charge < -0.3 is 0 Å². The number of rotatable bonds is 7. The molecule has 4 aromatic carbocycles. The molecule has 1 heterocycles. The lowest BCUT2D eigenvalue weighted by atomic mass is 9.91. The summed E-state index contributed by atoms with van der Waals surface area (Å²) in [5, 5.41) is 10.8. The fraction of sp³-hybridized carbons (Fsp3) is 0.0857. The predicted octanol–water partition coefficient (Wildman–Crippen LogP) is 10.3. The number of allylic oxidation sites excluding steroid dienone is 4. The molecule has 0 fully saturated rings. The fourth-order valence-electron chi connectivity index (χ4n) is 5.35. The molecule has 0 N–H and O–H groups in total. The quantitative estimate of drug-likeness (QED) is 0.172. The number of aldehydes is 1. The molecule has 0 unspecified atom stereocenters. The molecule has 0 radical (unpaired) electrons. The van der Waals surface area contributed by atoms with E-state index in [2.05, 4.69) is 6.07 Å². The van der Waals surface area contributed by atoms with Crippen LogP contribution in [0.5, 0.6) is 0 Å². The molecule has 0 atom stereocenters. The first kappa shape index (κ1) is 28.6. The molecule has 0 bridgehead atoms. The van der Waals surface area contributed by atoms with E-state index in [-0.39, 0.29) is 5.56 Å². The number of benzene rings is 4. The second-order valence-electron chi connectivity index (χ2n) is 10.1. The molecular weight excluding hydrogens is 589 g/mol. The van der Waals surface area contributed by atoms with Crippen LogP contribution in [0.1, 0.15) is 36.0 Å². The van der Waals surface area contributed by atoms with Crippen LogP contribution in [0.3, 0.4) is 0 Å². The molecule has 0 spiro atoms. The second kappa shape index (κ2) is 12.0. The van der Waals surface area contributed by atoms with Crippen molar-refractivity contribution in [1.82, 2.24) is 3.97 Å². The van der Waals surface area contributed by atoms with Crippen LogP contribution in [0.4, 0.5) is 13.2 Å². The Bertz CT molecular complexity index is 1990. The molecule has 212 valence electrons. The van der Waals surface area contributed by atoms with Crippen LogP contribution in [0.15, 0.2) is 113 Å². The minimum Gasteiger partial charge on any atom is -0.298 e. The van der Waals surface area contributed by atoms with Crippen LogP contribution in [-0.4, -0.2) is 10.3 Å². The van der Waals surface area contributed by atoms with Crippen LogP contribution in [0, 0.1) is 17.1 Å². The minimum atomic E-state index is -2.58. The third-order valence-electron chi connectivity index (χ3n) is 7.40. The number of hydrogen-bond acceptors (Lipinski definition) is 3. The number of hydrogen-bond donors (Lipinski definition) is 0. The number of carbonyl (C=O) groups is 1. The Morgan fingerprint density at radius 3 is 2.37 bits per heavy atom. The molecule has 6 rings (SSSR count). The van der Waals surface area contributed by atoms with Gasteiger partial charge in [0.1, 0.15) is 12.1 Å². The number of nitriles is 1. The molecule has 0 saturated carbocycles. The summed E-state index contributed by atoms with van der Waals surface area (Å²) in [6, 6.07) is 27.8. The summed E-state index contributed by atoms with van der Waals surface area (Å²) in [6.07, 6.45) is 1.11. The zero-order valence-electron chi connectivity index (χ0n) is 22.5. The lowest BCUT2D eigenvalue weighted by Gasteiger charge is -2.17. The fourth-order valence-corrected chi connectivity index (χ4v) is 6.71. The van der Waals surface area contributed by atoms with Gasteiger partial charge in [0.05, 0.1) is 22.8 Å². The van der Waals surface area contributed by atoms with Crippen molar-refractivity contribution in [1.29, 1.82) is 5.26 Å². The van der Waals surface area contributed by atoms with Gasteiger partial charge in [-0.05, 0) is 102 Å². The molecule has 1 aliphatic carbocycles. The number of alkyl halides is 2. The van der Waals surface area contributed by atoms with Gasteiger partial charge in [-0.15, -0.1) is 0 Å². The van der Waals surface area contributed by atoms with E-state index in [0.717, 1.165) is 45.3 Å². The lowest BCUT2D eigenvalue weighted by molar-refractivity contribution is -0.105. The van der Waals surface area contributed by atoms with Crippen molar-refractivity contribution in [2.75, 3.05) is 0 Å². The minimum absolute atomic E-state index is 0.0739. The molecule has 5 aromatic rings. The van der Waals surface area contributed by atoms with E-state index in [4.69, 9.17) is 11.6 Å². The molecule has 3 nitrogen and oxygen atoms in total. The van der Waals surface area contributed by atoms with E-state index in [1.165, 1.54) is 36.2 Å². The van der Waals surface area contributed by atoms with Gasteiger partial charge in [0.25, 0.3) is 6.43 Å². The van der Waals surface area contributed by atoms with Crippen LogP contribution < -0.4 is 0 Å². The van der Waals surface area contributed by atoms with E-state index in [1.807, 2.05) is 34.3 Å². The van der Waals surface area contributed by atoms with Crippen molar-refractivity contribution in [2.45, 2.75) is 24.2 Å². The van der Waals surface area contributed by atoms with Crippen molar-refractivity contribution in [2.24, 2.45) is 0 Å². The number of halogens is 4. The van der Waals surface area contributed by atoms with Gasteiger partial charge in [-0.3, -0.25) is 8.77 Å². The molecule has 1 aromatic heterocycles. The molecule has 1 aliphatic rings. The van der Waals surface area contributed by atoms with Crippen molar-refractivity contribution in [3.05, 3.63) is 130 Å². The lowest BCUT2D eigenvalue weighted by Crippen LogP contribution is -1.98. The molecule has 0 saturated heterocycles. The van der Waals surface area contributed by atoms with E-state index >= 15 is 0 Å². The maximum Gasteiger partial charge on any atom is 0.263 e. The molecule has 0 amide bonds. The maximum absolute atomic E-state index is 14.8. The predicted molar refractivity (Wildman–Crippen MR) is 166 cm³/mol. The Morgan fingerprint density at radius 2 is 1.65 bits per heavy atom. The summed E-state index contributed by atoms with van der Waals surface area (Å²) in [6.45, 7) is 0. The van der Waals surface area contributed by atoms with Gasteiger partial charge in [0, 0.05) is 32.0 Å². The third-order valence-corrected chi connectivity index (χ3v) is 8.78. The zero-order chi connectivity index (χ0) is 30.1. The Balaban J connectivity index is 1.62. The Morgan fingerprint density at radius 1 is 0.907 bits per heavy atom. The molecule has 43 heavy (non-hydrogen) atoms. The van der Waals surface area contributed by atoms with Crippen molar-refractivity contribution < 1.29 is 18.0 Å². The Labute approximate surface area is 255 Å². The summed E-state index contributed by atoms with van der Waals surface area (Å²) < 4.78 is 43.3. The maximum atomic E-state index is 14.8. The van der Waals surface area contributed by atoms with Gasteiger partial charge in [0.2, 0.25) is 0 Å². The number of aromatic nitrogens is 1. The normalized spacial score (nSPS) is 13.3. The van der Waals surface area contributed by atoms with Gasteiger partial charge in [-0.2, -0.15) is 5.26 Å². The summed E-state index contributed by atoms with van der Waals surface area (Å²) in [5.74, 6) is -0.411. The Hall–Kier alpha value is -4.51. The number of carbonyl (C=O) groups excluding carboxylic acids is 1. The van der Waals surface area contributed by atoms with Gasteiger partial charge in [-0.1, -0.05) is 54.1 Å². The van der Waals surface area contributed by atoms with Crippen molar-refractivity contribution in [3.8, 4) is 28.5 Å².